The van der Waals surface area contributed by atoms with Crippen molar-refractivity contribution in [3.05, 3.63) is 74.1 Å². The third-order valence-corrected chi connectivity index (χ3v) is 5.33. The predicted molar refractivity (Wildman–Crippen MR) is 103 cm³/mol. The lowest BCUT2D eigenvalue weighted by Gasteiger charge is -2.28. The molecule has 7 heteroatoms. The predicted octanol–water partition coefficient (Wildman–Crippen LogP) is 2.86. The summed E-state index contributed by atoms with van der Waals surface area (Å²) in [7, 11) is 0. The highest BCUT2D eigenvalue weighted by Gasteiger charge is 2.22. The molecule has 1 aliphatic rings. The number of hydrogen-bond donors (Lipinski definition) is 1. The normalized spacial score (nSPS) is 14.2. The molecule has 4 rings (SSSR count). The van der Waals surface area contributed by atoms with Crippen molar-refractivity contribution in [3.63, 3.8) is 0 Å². The van der Waals surface area contributed by atoms with Gasteiger partial charge in [0.2, 0.25) is 0 Å². The second-order valence-electron chi connectivity index (χ2n) is 6.52. The van der Waals surface area contributed by atoms with Gasteiger partial charge in [-0.05, 0) is 30.5 Å². The van der Waals surface area contributed by atoms with E-state index in [2.05, 4.69) is 65.9 Å². The van der Waals surface area contributed by atoms with Crippen molar-refractivity contribution in [2.24, 2.45) is 0 Å². The largest absolute Gasteiger partial charge is 0.306 e. The smallest absolute Gasteiger partial charge is 0.254 e. The molecule has 0 radical (unpaired) electrons. The van der Waals surface area contributed by atoms with E-state index in [1.165, 1.54) is 17.5 Å². The monoisotopic (exact) mass is 411 g/mol. The number of hydrogen-bond acceptors (Lipinski definition) is 5. The van der Waals surface area contributed by atoms with Crippen LogP contribution < -0.4 is 5.56 Å². The molecule has 0 spiro atoms. The van der Waals surface area contributed by atoms with Gasteiger partial charge in [-0.15, -0.1) is 0 Å². The van der Waals surface area contributed by atoms with E-state index < -0.39 is 0 Å². The number of halogens is 1. The molecule has 26 heavy (non-hydrogen) atoms. The van der Waals surface area contributed by atoms with Crippen LogP contribution in [0.3, 0.4) is 0 Å². The SMILES string of the molecule is Cc1ccc(CN2CCc3c(nc(-c4cncnc4)[nH]c3=O)C2)c(Br)c1. The second-order valence-corrected chi connectivity index (χ2v) is 7.38. The molecule has 0 amide bonds. The highest BCUT2D eigenvalue weighted by molar-refractivity contribution is 9.10. The second kappa shape index (κ2) is 7.09. The molecular formula is C19H18BrN5O. The Bertz CT molecular complexity index is 1000. The van der Waals surface area contributed by atoms with Crippen LogP contribution in [0.25, 0.3) is 11.4 Å². The summed E-state index contributed by atoms with van der Waals surface area (Å²) in [5.41, 5.74) is 4.73. The Morgan fingerprint density at radius 2 is 2.08 bits per heavy atom. The Hall–Kier alpha value is -2.38. The average molecular weight is 412 g/mol. The molecular weight excluding hydrogens is 394 g/mol. The minimum atomic E-state index is -0.0648. The fourth-order valence-corrected chi connectivity index (χ4v) is 3.83. The van der Waals surface area contributed by atoms with E-state index in [0.717, 1.165) is 28.8 Å². The van der Waals surface area contributed by atoms with E-state index in [1.807, 2.05) is 0 Å². The fraction of sp³-hybridized carbons (Fsp3) is 0.263. The lowest BCUT2D eigenvalue weighted by molar-refractivity contribution is 0.240. The highest BCUT2D eigenvalue weighted by Crippen LogP contribution is 2.23. The van der Waals surface area contributed by atoms with E-state index in [-0.39, 0.29) is 5.56 Å². The topological polar surface area (TPSA) is 74.8 Å². The lowest BCUT2D eigenvalue weighted by Crippen LogP contribution is -2.35. The van der Waals surface area contributed by atoms with Gasteiger partial charge in [-0.2, -0.15) is 0 Å². The van der Waals surface area contributed by atoms with Gasteiger partial charge >= 0.3 is 0 Å². The molecule has 0 bridgehead atoms. The molecule has 0 aliphatic carbocycles. The molecule has 3 aromatic rings. The first kappa shape index (κ1) is 17.1. The summed E-state index contributed by atoms with van der Waals surface area (Å²) in [6.45, 7) is 4.39. The van der Waals surface area contributed by atoms with Crippen molar-refractivity contribution in [3.8, 4) is 11.4 Å². The van der Waals surface area contributed by atoms with Crippen molar-refractivity contribution in [1.82, 2.24) is 24.8 Å². The number of aryl methyl sites for hydroxylation is 1. The molecule has 0 saturated carbocycles. The minimum Gasteiger partial charge on any atom is -0.306 e. The number of aromatic amines is 1. The zero-order valence-electron chi connectivity index (χ0n) is 14.4. The molecule has 1 aromatic carbocycles. The fourth-order valence-electron chi connectivity index (χ4n) is 3.21. The molecule has 0 unspecified atom stereocenters. The van der Waals surface area contributed by atoms with Gasteiger partial charge in [-0.1, -0.05) is 28.1 Å². The van der Waals surface area contributed by atoms with E-state index >= 15 is 0 Å². The molecule has 2 aromatic heterocycles. The number of fused-ring (bicyclic) bond motifs is 1. The molecule has 6 nitrogen and oxygen atoms in total. The van der Waals surface area contributed by atoms with Crippen molar-refractivity contribution >= 4 is 15.9 Å². The summed E-state index contributed by atoms with van der Waals surface area (Å²) in [4.78, 5) is 30.3. The average Bonchev–Trinajstić information content (AvgIpc) is 2.64. The number of rotatable bonds is 3. The van der Waals surface area contributed by atoms with Crippen LogP contribution in [-0.2, 0) is 19.5 Å². The van der Waals surface area contributed by atoms with Crippen LogP contribution in [0.15, 0.2) is 46.2 Å². The zero-order valence-corrected chi connectivity index (χ0v) is 16.0. The van der Waals surface area contributed by atoms with Gasteiger partial charge in [0.25, 0.3) is 5.56 Å². The molecule has 3 heterocycles. The van der Waals surface area contributed by atoms with Crippen molar-refractivity contribution in [2.75, 3.05) is 6.54 Å². The summed E-state index contributed by atoms with van der Waals surface area (Å²) in [5.74, 6) is 0.521. The van der Waals surface area contributed by atoms with Crippen molar-refractivity contribution in [2.45, 2.75) is 26.4 Å². The summed E-state index contributed by atoms with van der Waals surface area (Å²) in [6.07, 6.45) is 5.47. The lowest BCUT2D eigenvalue weighted by atomic mass is 10.0. The molecule has 0 atom stereocenters. The van der Waals surface area contributed by atoms with Gasteiger partial charge in [0.15, 0.2) is 0 Å². The maximum Gasteiger partial charge on any atom is 0.254 e. The van der Waals surface area contributed by atoms with E-state index in [4.69, 9.17) is 0 Å². The number of H-pyrrole nitrogens is 1. The maximum atomic E-state index is 12.5. The van der Waals surface area contributed by atoms with Crippen LogP contribution in [0.4, 0.5) is 0 Å². The summed E-state index contributed by atoms with van der Waals surface area (Å²) in [6, 6.07) is 6.39. The van der Waals surface area contributed by atoms with Crippen LogP contribution >= 0.6 is 15.9 Å². The van der Waals surface area contributed by atoms with Gasteiger partial charge in [-0.3, -0.25) is 9.69 Å². The Kier molecular flexibility index (Phi) is 4.65. The van der Waals surface area contributed by atoms with Crippen LogP contribution in [0.5, 0.6) is 0 Å². The van der Waals surface area contributed by atoms with Crippen molar-refractivity contribution in [1.29, 1.82) is 0 Å². The molecule has 1 N–H and O–H groups in total. The molecule has 1 aliphatic heterocycles. The van der Waals surface area contributed by atoms with Gasteiger partial charge in [0, 0.05) is 42.1 Å². The third kappa shape index (κ3) is 3.45. The van der Waals surface area contributed by atoms with Crippen LogP contribution in [0.1, 0.15) is 22.4 Å². The maximum absolute atomic E-state index is 12.5. The Balaban J connectivity index is 1.61. The quantitative estimate of drug-likeness (QED) is 0.716. The number of aromatic nitrogens is 4. The summed E-state index contributed by atoms with van der Waals surface area (Å²) in [5, 5.41) is 0. The third-order valence-electron chi connectivity index (χ3n) is 4.59. The first-order valence-electron chi connectivity index (χ1n) is 8.45. The summed E-state index contributed by atoms with van der Waals surface area (Å²) >= 11 is 3.65. The number of benzene rings is 1. The zero-order chi connectivity index (χ0) is 18.1. The van der Waals surface area contributed by atoms with Gasteiger partial charge in [-0.25, -0.2) is 15.0 Å². The Labute approximate surface area is 159 Å². The van der Waals surface area contributed by atoms with E-state index in [9.17, 15) is 4.79 Å². The van der Waals surface area contributed by atoms with Crippen LogP contribution in [0, 0.1) is 6.92 Å². The van der Waals surface area contributed by atoms with Gasteiger partial charge in [0.1, 0.15) is 12.2 Å². The summed E-state index contributed by atoms with van der Waals surface area (Å²) < 4.78 is 1.12. The first-order chi connectivity index (χ1) is 12.6. The first-order valence-corrected chi connectivity index (χ1v) is 9.24. The highest BCUT2D eigenvalue weighted by atomic mass is 79.9. The number of nitrogens with zero attached hydrogens (tertiary/aromatic N) is 4. The molecule has 0 saturated heterocycles. The van der Waals surface area contributed by atoms with Crippen LogP contribution in [-0.4, -0.2) is 31.4 Å². The van der Waals surface area contributed by atoms with E-state index in [0.29, 0.717) is 24.4 Å². The van der Waals surface area contributed by atoms with E-state index in [1.54, 1.807) is 12.4 Å². The van der Waals surface area contributed by atoms with Crippen molar-refractivity contribution < 1.29 is 0 Å². The molecule has 0 fully saturated rings. The van der Waals surface area contributed by atoms with Gasteiger partial charge < -0.3 is 4.98 Å². The standard InChI is InChI=1S/C19H18BrN5O/c1-12-2-3-13(16(20)6-12)9-25-5-4-15-17(10-25)23-18(24-19(15)26)14-7-21-11-22-8-14/h2-3,6-8,11H,4-5,9-10H2,1H3,(H,23,24,26). The Morgan fingerprint density at radius 3 is 2.85 bits per heavy atom. The number of nitrogens with one attached hydrogen (secondary N) is 1. The Morgan fingerprint density at radius 1 is 1.27 bits per heavy atom. The molecule has 132 valence electrons. The van der Waals surface area contributed by atoms with Gasteiger partial charge in [0.05, 0.1) is 11.3 Å². The minimum absolute atomic E-state index is 0.0648. The van der Waals surface area contributed by atoms with Crippen LogP contribution in [0.2, 0.25) is 0 Å².